The average Bonchev–Trinajstić information content (AvgIpc) is 3.27. The topological polar surface area (TPSA) is 127 Å². The number of fused-ring (bicyclic) bond motifs is 2. The van der Waals surface area contributed by atoms with E-state index in [2.05, 4.69) is 43.7 Å². The Labute approximate surface area is 206 Å². The molecule has 3 aliphatic heterocycles. The van der Waals surface area contributed by atoms with Gasteiger partial charge in [-0.05, 0) is 17.5 Å². The van der Waals surface area contributed by atoms with Crippen LogP contribution < -0.4 is 10.6 Å². The molecule has 0 fully saturated rings. The Hall–Kier alpha value is -2.60. The van der Waals surface area contributed by atoms with Gasteiger partial charge in [0.1, 0.15) is 11.5 Å². The summed E-state index contributed by atoms with van der Waals surface area (Å²) in [6.45, 7) is 5.53. The Morgan fingerprint density at radius 1 is 1.29 bits per heavy atom. The van der Waals surface area contributed by atoms with Gasteiger partial charge in [0.15, 0.2) is 9.84 Å². The highest BCUT2D eigenvalue weighted by Gasteiger charge is 2.27. The van der Waals surface area contributed by atoms with Crippen LogP contribution in [0.4, 0.5) is 0 Å². The minimum absolute atomic E-state index is 0.0454. The number of amides is 1. The summed E-state index contributed by atoms with van der Waals surface area (Å²) in [5.74, 6) is 0.562. The smallest absolute Gasteiger partial charge is 0.270 e. The van der Waals surface area contributed by atoms with Gasteiger partial charge in [0, 0.05) is 57.6 Å². The van der Waals surface area contributed by atoms with Gasteiger partial charge in [-0.25, -0.2) is 13.4 Å². The largest absolute Gasteiger partial charge is 0.390 e. The molecule has 10 nitrogen and oxygen atoms in total. The highest BCUT2D eigenvalue weighted by molar-refractivity contribution is 7.91. The highest BCUT2D eigenvalue weighted by atomic mass is 32.2. The van der Waals surface area contributed by atoms with Gasteiger partial charge in [0.05, 0.1) is 24.2 Å². The van der Waals surface area contributed by atoms with Gasteiger partial charge < -0.3 is 20.6 Å². The van der Waals surface area contributed by atoms with Crippen LogP contribution in [0.5, 0.6) is 0 Å². The minimum Gasteiger partial charge on any atom is -0.390 e. The van der Waals surface area contributed by atoms with Crippen LogP contribution in [0.25, 0.3) is 0 Å². The Morgan fingerprint density at radius 3 is 2.89 bits per heavy atom. The first kappa shape index (κ1) is 25.5. The van der Waals surface area contributed by atoms with Crippen molar-refractivity contribution in [2.45, 2.75) is 32.0 Å². The number of carbonyl (C=O) groups excluding carboxylic acids is 1. The van der Waals surface area contributed by atoms with Crippen LogP contribution in [0.2, 0.25) is 0 Å². The van der Waals surface area contributed by atoms with Gasteiger partial charge in [0.25, 0.3) is 5.91 Å². The number of β-amino-alcohol motifs (C(OH)–C–C–N with tert-alkyl or cyclic N) is 1. The lowest BCUT2D eigenvalue weighted by Gasteiger charge is -2.30. The molecule has 0 aromatic heterocycles. The number of nitrogens with one attached hydrogen (secondary N) is 2. The molecule has 4 rings (SSSR count). The molecule has 35 heavy (non-hydrogen) atoms. The monoisotopic (exact) mass is 502 g/mol. The molecule has 2 atom stereocenters. The first-order chi connectivity index (χ1) is 16.8. The van der Waals surface area contributed by atoms with E-state index in [0.717, 1.165) is 19.5 Å². The number of carbonyl (C=O) groups is 1. The Morgan fingerprint density at radius 2 is 2.09 bits per heavy atom. The number of aliphatic imine (C=N–C) groups is 2. The number of rotatable bonds is 11. The average molecular weight is 503 g/mol. The van der Waals surface area contributed by atoms with E-state index in [1.807, 2.05) is 11.0 Å². The molecule has 3 N–H and O–H groups in total. The van der Waals surface area contributed by atoms with E-state index in [4.69, 9.17) is 0 Å². The maximum absolute atomic E-state index is 12.6. The Balaban J connectivity index is 1.21. The summed E-state index contributed by atoms with van der Waals surface area (Å²) >= 11 is 0. The van der Waals surface area contributed by atoms with Crippen molar-refractivity contribution in [3.8, 4) is 0 Å². The molecular weight excluding hydrogens is 468 g/mol. The number of hydrogen-bond donors (Lipinski definition) is 3. The second-order valence-corrected chi connectivity index (χ2v) is 11.6. The van der Waals surface area contributed by atoms with Crippen molar-refractivity contribution in [3.05, 3.63) is 47.2 Å². The van der Waals surface area contributed by atoms with Gasteiger partial charge in [0.2, 0.25) is 0 Å². The lowest BCUT2D eigenvalue weighted by Crippen LogP contribution is -2.42. The van der Waals surface area contributed by atoms with Crippen molar-refractivity contribution in [1.29, 1.82) is 0 Å². The zero-order chi connectivity index (χ0) is 24.8. The molecule has 3 heterocycles. The third kappa shape index (κ3) is 6.97. The van der Waals surface area contributed by atoms with Crippen LogP contribution in [-0.4, -0.2) is 104 Å². The van der Waals surface area contributed by atoms with Crippen LogP contribution in [0.3, 0.4) is 0 Å². The lowest BCUT2D eigenvalue weighted by molar-refractivity contribution is -0.118. The fraction of sp³-hybridized carbons (Fsp3) is 0.542. The van der Waals surface area contributed by atoms with Gasteiger partial charge in [-0.1, -0.05) is 31.2 Å². The van der Waals surface area contributed by atoms with Crippen LogP contribution in [0, 0.1) is 0 Å². The van der Waals surface area contributed by atoms with E-state index in [0.29, 0.717) is 32.0 Å². The lowest BCUT2D eigenvalue weighted by atomic mass is 10.00. The molecule has 1 amide bonds. The predicted molar refractivity (Wildman–Crippen MR) is 136 cm³/mol. The summed E-state index contributed by atoms with van der Waals surface area (Å²) in [6.07, 6.45) is 3.52. The molecule has 0 aliphatic carbocycles. The predicted octanol–water partition coefficient (Wildman–Crippen LogP) is -0.445. The normalized spacial score (nSPS) is 20.6. The zero-order valence-corrected chi connectivity index (χ0v) is 20.9. The minimum atomic E-state index is -2.99. The molecular formula is C24H34N6O4S. The Bertz CT molecular complexity index is 1120. The van der Waals surface area contributed by atoms with E-state index in [1.54, 1.807) is 19.3 Å². The second-order valence-electron chi connectivity index (χ2n) is 9.13. The van der Waals surface area contributed by atoms with Crippen molar-refractivity contribution < 1.29 is 18.3 Å². The summed E-state index contributed by atoms with van der Waals surface area (Å²) in [6, 6.07) is 8.31. The number of aliphatic hydroxyl groups excluding tert-OH is 1. The number of benzene rings is 1. The fourth-order valence-electron chi connectivity index (χ4n) is 4.39. The molecule has 0 radical (unpaired) electrons. The van der Waals surface area contributed by atoms with Gasteiger partial charge in [-0.2, -0.15) is 0 Å². The number of sulfone groups is 1. The molecule has 1 aromatic carbocycles. The number of aliphatic hydroxyl groups is 1. The molecule has 3 aliphatic rings. The first-order valence-electron chi connectivity index (χ1n) is 12.1. The van der Waals surface area contributed by atoms with Crippen molar-refractivity contribution in [2.75, 3.05) is 50.8 Å². The van der Waals surface area contributed by atoms with Crippen LogP contribution >= 0.6 is 0 Å². The van der Waals surface area contributed by atoms with Gasteiger partial charge in [-0.3, -0.25) is 14.7 Å². The fourth-order valence-corrected chi connectivity index (χ4v) is 5.13. The molecule has 11 heteroatoms. The van der Waals surface area contributed by atoms with Gasteiger partial charge >= 0.3 is 0 Å². The maximum atomic E-state index is 12.6. The SMILES string of the molecule is CCS(=O)(=O)CCNCC1CN2C=NC(C(=O)NC[C@H](O)CN3CCc4ccccc4C3)=CC2=N1. The second kappa shape index (κ2) is 11.4. The summed E-state index contributed by atoms with van der Waals surface area (Å²) in [4.78, 5) is 25.5. The summed E-state index contributed by atoms with van der Waals surface area (Å²) in [5, 5.41) is 16.4. The molecule has 0 saturated carbocycles. The van der Waals surface area contributed by atoms with Crippen LogP contribution in [-0.2, 0) is 27.6 Å². The van der Waals surface area contributed by atoms with E-state index in [9.17, 15) is 18.3 Å². The molecule has 0 spiro atoms. The first-order valence-corrected chi connectivity index (χ1v) is 13.9. The maximum Gasteiger partial charge on any atom is 0.270 e. The van der Waals surface area contributed by atoms with Crippen LogP contribution in [0.15, 0.2) is 46.0 Å². The third-order valence-corrected chi connectivity index (χ3v) is 8.14. The van der Waals surface area contributed by atoms with Crippen molar-refractivity contribution in [2.24, 2.45) is 9.98 Å². The van der Waals surface area contributed by atoms with E-state index in [1.165, 1.54) is 11.1 Å². The number of nitrogens with zero attached hydrogens (tertiary/aromatic N) is 4. The summed E-state index contributed by atoms with van der Waals surface area (Å²) < 4.78 is 23.2. The molecule has 1 unspecified atom stereocenters. The van der Waals surface area contributed by atoms with Crippen molar-refractivity contribution >= 4 is 27.9 Å². The number of amidine groups is 1. The molecule has 0 saturated heterocycles. The molecule has 190 valence electrons. The Kier molecular flexibility index (Phi) is 8.32. The van der Waals surface area contributed by atoms with Crippen LogP contribution in [0.1, 0.15) is 18.1 Å². The van der Waals surface area contributed by atoms with E-state index >= 15 is 0 Å². The standard InChI is InChI=1S/C24H34N6O4S/c1-2-35(33,34)10-8-25-12-20-15-30-17-27-22(11-23(30)28-20)24(32)26-13-21(31)16-29-9-7-18-5-3-4-6-19(18)14-29/h3-6,11,17,20-21,25,31H,2,7-10,12-16H2,1H3,(H,26,32)/t20?,21-/m0/s1. The molecule has 0 bridgehead atoms. The van der Waals surface area contributed by atoms with Crippen molar-refractivity contribution in [3.63, 3.8) is 0 Å². The highest BCUT2D eigenvalue weighted by Crippen LogP contribution is 2.18. The third-order valence-electron chi connectivity index (χ3n) is 6.44. The molecule has 1 aromatic rings. The van der Waals surface area contributed by atoms with Crippen molar-refractivity contribution in [1.82, 2.24) is 20.4 Å². The van der Waals surface area contributed by atoms with E-state index in [-0.39, 0.29) is 35.7 Å². The number of hydrogen-bond acceptors (Lipinski definition) is 9. The van der Waals surface area contributed by atoms with E-state index < -0.39 is 15.9 Å². The quantitative estimate of drug-likeness (QED) is 0.350. The zero-order valence-electron chi connectivity index (χ0n) is 20.1. The summed E-state index contributed by atoms with van der Waals surface area (Å²) in [5.41, 5.74) is 2.90. The summed E-state index contributed by atoms with van der Waals surface area (Å²) in [7, 11) is -2.99. The van der Waals surface area contributed by atoms with Gasteiger partial charge in [-0.15, -0.1) is 0 Å².